The Morgan fingerprint density at radius 1 is 1.20 bits per heavy atom. The fraction of sp³-hybridized carbons (Fsp3) is 0.529. The lowest BCUT2D eigenvalue weighted by Crippen LogP contribution is -2.38. The van der Waals surface area contributed by atoms with Crippen molar-refractivity contribution in [1.29, 1.82) is 0 Å². The van der Waals surface area contributed by atoms with Gasteiger partial charge in [-0.2, -0.15) is 13.2 Å². The molecule has 0 spiro atoms. The summed E-state index contributed by atoms with van der Waals surface area (Å²) in [5.41, 5.74) is -0.644. The highest BCUT2D eigenvalue weighted by Gasteiger charge is 2.34. The van der Waals surface area contributed by atoms with E-state index >= 15 is 0 Å². The van der Waals surface area contributed by atoms with Crippen LogP contribution in [-0.4, -0.2) is 35.1 Å². The van der Waals surface area contributed by atoms with Gasteiger partial charge < -0.3 is 10.2 Å². The maximum Gasteiger partial charge on any atom is 0.416 e. The third kappa shape index (κ3) is 4.29. The maximum absolute atomic E-state index is 12.8. The zero-order valence-corrected chi connectivity index (χ0v) is 14.4. The Labute approximate surface area is 148 Å². The molecule has 1 N–H and O–H groups in total. The summed E-state index contributed by atoms with van der Waals surface area (Å²) in [6.45, 7) is 1.42. The highest BCUT2D eigenvalue weighted by atomic mass is 32.2. The molecule has 2 aliphatic heterocycles. The molecule has 0 saturated carbocycles. The third-order valence-electron chi connectivity index (χ3n) is 4.45. The molecule has 0 radical (unpaired) electrons. The standard InChI is InChI=1S/C17H19F3N2O2S/c18-17(19,20)11-5-6-13-12(9-11)21-16(24)14(25-13)10-15(23)22-7-3-1-2-4-8-22/h5-6,9,14H,1-4,7-8,10H2,(H,21,24)/t14-/m0/s1. The summed E-state index contributed by atoms with van der Waals surface area (Å²) in [6, 6.07) is 3.29. The van der Waals surface area contributed by atoms with Crippen molar-refractivity contribution < 1.29 is 22.8 Å². The van der Waals surface area contributed by atoms with E-state index in [0.29, 0.717) is 18.0 Å². The summed E-state index contributed by atoms with van der Waals surface area (Å²) in [5, 5.41) is 1.90. The second-order valence-corrected chi connectivity index (χ2v) is 7.55. The van der Waals surface area contributed by atoms with Gasteiger partial charge in [0, 0.05) is 24.4 Å². The molecule has 25 heavy (non-hydrogen) atoms. The van der Waals surface area contributed by atoms with Gasteiger partial charge in [-0.3, -0.25) is 9.59 Å². The van der Waals surface area contributed by atoms with Gasteiger partial charge in [-0.15, -0.1) is 11.8 Å². The molecule has 0 aliphatic carbocycles. The van der Waals surface area contributed by atoms with Gasteiger partial charge in [0.2, 0.25) is 11.8 Å². The highest BCUT2D eigenvalue weighted by molar-refractivity contribution is 8.01. The van der Waals surface area contributed by atoms with Crippen LogP contribution in [0.3, 0.4) is 0 Å². The number of halogens is 3. The van der Waals surface area contributed by atoms with Crippen molar-refractivity contribution in [1.82, 2.24) is 4.90 Å². The molecule has 2 heterocycles. The van der Waals surface area contributed by atoms with E-state index in [-0.39, 0.29) is 18.0 Å². The first kappa shape index (κ1) is 18.1. The van der Waals surface area contributed by atoms with Crippen molar-refractivity contribution in [3.63, 3.8) is 0 Å². The first-order chi connectivity index (χ1) is 11.8. The van der Waals surface area contributed by atoms with Gasteiger partial charge in [0.05, 0.1) is 16.5 Å². The molecule has 0 aromatic heterocycles. The number of likely N-dealkylation sites (tertiary alicyclic amines) is 1. The Hall–Kier alpha value is -1.70. The molecule has 1 aromatic rings. The molecule has 1 fully saturated rings. The SMILES string of the molecule is O=C1Nc2cc(C(F)(F)F)ccc2S[C@H]1CC(=O)N1CCCCCC1. The zero-order chi connectivity index (χ0) is 18.0. The number of alkyl halides is 3. The Morgan fingerprint density at radius 3 is 2.52 bits per heavy atom. The average molecular weight is 372 g/mol. The summed E-state index contributed by atoms with van der Waals surface area (Å²) in [6.07, 6.45) is -0.229. The highest BCUT2D eigenvalue weighted by Crippen LogP contribution is 2.40. The van der Waals surface area contributed by atoms with E-state index in [1.165, 1.54) is 6.07 Å². The molecular formula is C17H19F3N2O2S. The third-order valence-corrected chi connectivity index (χ3v) is 5.72. The van der Waals surface area contributed by atoms with Crippen LogP contribution < -0.4 is 5.32 Å². The first-order valence-corrected chi connectivity index (χ1v) is 9.19. The van der Waals surface area contributed by atoms with E-state index in [2.05, 4.69) is 5.32 Å². The Kier molecular flexibility index (Phi) is 5.27. The van der Waals surface area contributed by atoms with Crippen molar-refractivity contribution in [2.45, 2.75) is 48.4 Å². The monoisotopic (exact) mass is 372 g/mol. The van der Waals surface area contributed by atoms with Crippen LogP contribution in [0.4, 0.5) is 18.9 Å². The molecule has 4 nitrogen and oxygen atoms in total. The number of thioether (sulfide) groups is 1. The number of hydrogen-bond acceptors (Lipinski definition) is 3. The number of anilines is 1. The molecule has 0 unspecified atom stereocenters. The lowest BCUT2D eigenvalue weighted by Gasteiger charge is -2.27. The van der Waals surface area contributed by atoms with E-state index in [0.717, 1.165) is 49.6 Å². The van der Waals surface area contributed by atoms with Gasteiger partial charge in [-0.1, -0.05) is 12.8 Å². The summed E-state index contributed by atoms with van der Waals surface area (Å²) in [4.78, 5) is 27.0. The van der Waals surface area contributed by atoms with E-state index in [1.807, 2.05) is 0 Å². The van der Waals surface area contributed by atoms with Gasteiger partial charge in [0.25, 0.3) is 0 Å². The van der Waals surface area contributed by atoms with Gasteiger partial charge >= 0.3 is 6.18 Å². The average Bonchev–Trinajstić information content (AvgIpc) is 2.83. The number of benzene rings is 1. The molecule has 8 heteroatoms. The summed E-state index contributed by atoms with van der Waals surface area (Å²) >= 11 is 1.16. The maximum atomic E-state index is 12.8. The van der Waals surface area contributed by atoms with Gasteiger partial charge in [-0.25, -0.2) is 0 Å². The largest absolute Gasteiger partial charge is 0.416 e. The van der Waals surface area contributed by atoms with Crippen molar-refractivity contribution in [2.24, 2.45) is 0 Å². The second-order valence-electron chi connectivity index (χ2n) is 6.30. The van der Waals surface area contributed by atoms with Crippen LogP contribution in [0.25, 0.3) is 0 Å². The van der Waals surface area contributed by atoms with Gasteiger partial charge in [0.1, 0.15) is 0 Å². The number of fused-ring (bicyclic) bond motifs is 1. The molecule has 2 amide bonds. The minimum Gasteiger partial charge on any atom is -0.343 e. The number of rotatable bonds is 2. The second kappa shape index (κ2) is 7.27. The molecule has 3 rings (SSSR count). The Morgan fingerprint density at radius 2 is 1.88 bits per heavy atom. The quantitative estimate of drug-likeness (QED) is 0.856. The smallest absolute Gasteiger partial charge is 0.343 e. The molecule has 1 saturated heterocycles. The van der Waals surface area contributed by atoms with Crippen LogP contribution in [0.15, 0.2) is 23.1 Å². The van der Waals surface area contributed by atoms with Gasteiger partial charge in [-0.05, 0) is 31.0 Å². The number of amides is 2. The Balaban J connectivity index is 1.69. The van der Waals surface area contributed by atoms with E-state index in [1.54, 1.807) is 4.90 Å². The number of nitrogens with zero attached hydrogens (tertiary/aromatic N) is 1. The number of carbonyl (C=O) groups is 2. The zero-order valence-electron chi connectivity index (χ0n) is 13.6. The molecule has 1 aromatic carbocycles. The summed E-state index contributed by atoms with van der Waals surface area (Å²) in [5.74, 6) is -0.482. The molecule has 1 atom stereocenters. The van der Waals surface area contributed by atoms with Crippen LogP contribution in [0.1, 0.15) is 37.7 Å². The number of hydrogen-bond donors (Lipinski definition) is 1. The number of carbonyl (C=O) groups excluding carboxylic acids is 2. The van der Waals surface area contributed by atoms with Crippen LogP contribution in [0.5, 0.6) is 0 Å². The fourth-order valence-corrected chi connectivity index (χ4v) is 4.15. The fourth-order valence-electron chi connectivity index (χ4n) is 3.07. The normalized spacial score (nSPS) is 21.3. The van der Waals surface area contributed by atoms with E-state index in [9.17, 15) is 22.8 Å². The molecular weight excluding hydrogens is 353 g/mol. The topological polar surface area (TPSA) is 49.4 Å². The minimum absolute atomic E-state index is 0.0649. The summed E-state index contributed by atoms with van der Waals surface area (Å²) < 4.78 is 38.3. The molecule has 2 aliphatic rings. The van der Waals surface area contributed by atoms with Crippen molar-refractivity contribution >= 4 is 29.3 Å². The Bertz CT molecular complexity index is 670. The molecule has 136 valence electrons. The van der Waals surface area contributed by atoms with Crippen LogP contribution in [0, 0.1) is 0 Å². The number of nitrogens with one attached hydrogen (secondary N) is 1. The minimum atomic E-state index is -4.45. The van der Waals surface area contributed by atoms with Crippen LogP contribution in [-0.2, 0) is 15.8 Å². The lowest BCUT2D eigenvalue weighted by atomic mass is 10.1. The summed E-state index contributed by atoms with van der Waals surface area (Å²) in [7, 11) is 0. The first-order valence-electron chi connectivity index (χ1n) is 8.31. The van der Waals surface area contributed by atoms with Crippen molar-refractivity contribution in [3.05, 3.63) is 23.8 Å². The van der Waals surface area contributed by atoms with Crippen molar-refractivity contribution in [3.8, 4) is 0 Å². The predicted molar refractivity (Wildman–Crippen MR) is 89.4 cm³/mol. The van der Waals surface area contributed by atoms with Gasteiger partial charge in [0.15, 0.2) is 0 Å². The van der Waals surface area contributed by atoms with Crippen LogP contribution in [0.2, 0.25) is 0 Å². The molecule has 0 bridgehead atoms. The van der Waals surface area contributed by atoms with E-state index < -0.39 is 22.9 Å². The lowest BCUT2D eigenvalue weighted by molar-refractivity contribution is -0.137. The predicted octanol–water partition coefficient (Wildman–Crippen LogP) is 3.91. The van der Waals surface area contributed by atoms with Crippen molar-refractivity contribution in [2.75, 3.05) is 18.4 Å². The van der Waals surface area contributed by atoms with Crippen LogP contribution >= 0.6 is 11.8 Å². The van der Waals surface area contributed by atoms with E-state index in [4.69, 9.17) is 0 Å².